The molecule has 69 heavy (non-hydrogen) atoms. The summed E-state index contributed by atoms with van der Waals surface area (Å²) in [5.41, 5.74) is 0. The third kappa shape index (κ3) is 55.9. The van der Waals surface area contributed by atoms with Gasteiger partial charge >= 0.3 is 17.9 Å². The molecule has 0 saturated carbocycles. The number of hydrogen-bond donors (Lipinski definition) is 0. The standard InChI is InChI=1S/C63H112O6/c1-4-7-10-13-16-19-22-25-28-30-31-33-36-38-41-44-47-50-53-56-62(65)68-59-60(69-63(66)57-54-51-48-45-42-39-34-27-24-21-18-15-12-9-6-3)58-67-61(64)55-52-49-46-43-40-37-35-32-29-26-23-20-17-14-11-8-5-2/h16,19,21,24-25,28,31,33,38,41,60H,4-15,17-18,20,22-23,26-27,29-30,32,34-37,39-40,42-59H2,1-3H3/b19-16-,24-21-,28-25-,33-31-,41-38-/t60-/m0/s1. The molecule has 6 nitrogen and oxygen atoms in total. The van der Waals surface area contributed by atoms with Gasteiger partial charge in [-0.05, 0) is 89.9 Å². The average Bonchev–Trinajstić information content (AvgIpc) is 3.35. The zero-order valence-electron chi connectivity index (χ0n) is 45.8. The lowest BCUT2D eigenvalue weighted by molar-refractivity contribution is -0.167. The molecule has 0 aromatic carbocycles. The monoisotopic (exact) mass is 965 g/mol. The zero-order valence-corrected chi connectivity index (χ0v) is 45.8. The summed E-state index contributed by atoms with van der Waals surface area (Å²) >= 11 is 0. The molecule has 1 atom stereocenters. The molecule has 0 aliphatic heterocycles. The van der Waals surface area contributed by atoms with E-state index in [0.717, 1.165) is 83.5 Å². The Morgan fingerprint density at radius 1 is 0.290 bits per heavy atom. The van der Waals surface area contributed by atoms with Crippen LogP contribution in [0.4, 0.5) is 0 Å². The molecule has 6 heteroatoms. The minimum Gasteiger partial charge on any atom is -0.462 e. The van der Waals surface area contributed by atoms with E-state index in [1.807, 2.05) is 0 Å². The van der Waals surface area contributed by atoms with Gasteiger partial charge in [-0.25, -0.2) is 0 Å². The summed E-state index contributed by atoms with van der Waals surface area (Å²) in [6.45, 7) is 6.60. The topological polar surface area (TPSA) is 78.9 Å². The molecule has 0 radical (unpaired) electrons. The van der Waals surface area contributed by atoms with E-state index in [4.69, 9.17) is 14.2 Å². The van der Waals surface area contributed by atoms with Crippen LogP contribution in [0.15, 0.2) is 60.8 Å². The lowest BCUT2D eigenvalue weighted by Crippen LogP contribution is -2.30. The molecule has 0 N–H and O–H groups in total. The number of ether oxygens (including phenoxy) is 3. The normalized spacial score (nSPS) is 12.4. The summed E-state index contributed by atoms with van der Waals surface area (Å²) in [6.07, 6.45) is 72.1. The Balaban J connectivity index is 4.41. The van der Waals surface area contributed by atoms with Gasteiger partial charge in [-0.3, -0.25) is 14.4 Å². The largest absolute Gasteiger partial charge is 0.462 e. The minimum absolute atomic E-state index is 0.0834. The van der Waals surface area contributed by atoms with Crippen molar-refractivity contribution in [1.82, 2.24) is 0 Å². The molecule has 0 aliphatic carbocycles. The predicted octanol–water partition coefficient (Wildman–Crippen LogP) is 20.0. The van der Waals surface area contributed by atoms with Crippen molar-refractivity contribution in [2.24, 2.45) is 0 Å². The summed E-state index contributed by atoms with van der Waals surface area (Å²) < 4.78 is 16.9. The average molecular weight is 966 g/mol. The van der Waals surface area contributed by atoms with Crippen molar-refractivity contribution >= 4 is 17.9 Å². The second kappa shape index (κ2) is 57.7. The van der Waals surface area contributed by atoms with Crippen molar-refractivity contribution < 1.29 is 28.6 Å². The first-order chi connectivity index (χ1) is 34.0. The van der Waals surface area contributed by atoms with E-state index >= 15 is 0 Å². The second-order valence-electron chi connectivity index (χ2n) is 19.9. The molecule has 0 aromatic heterocycles. The van der Waals surface area contributed by atoms with E-state index in [1.165, 1.54) is 180 Å². The highest BCUT2D eigenvalue weighted by atomic mass is 16.6. The molecule has 0 unspecified atom stereocenters. The molecule has 0 bridgehead atoms. The smallest absolute Gasteiger partial charge is 0.306 e. The molecule has 0 saturated heterocycles. The number of rotatable bonds is 54. The summed E-state index contributed by atoms with van der Waals surface area (Å²) in [7, 11) is 0. The van der Waals surface area contributed by atoms with Gasteiger partial charge in [-0.1, -0.05) is 255 Å². The second-order valence-corrected chi connectivity index (χ2v) is 19.9. The fourth-order valence-electron chi connectivity index (χ4n) is 8.48. The van der Waals surface area contributed by atoms with Crippen LogP contribution in [-0.2, 0) is 28.6 Å². The highest BCUT2D eigenvalue weighted by molar-refractivity contribution is 5.71. The minimum atomic E-state index is -0.788. The molecule has 0 aromatic rings. The van der Waals surface area contributed by atoms with E-state index in [1.54, 1.807) is 0 Å². The number of unbranched alkanes of at least 4 members (excludes halogenated alkanes) is 33. The van der Waals surface area contributed by atoms with E-state index < -0.39 is 6.10 Å². The Labute approximate surface area is 428 Å². The van der Waals surface area contributed by atoms with Crippen LogP contribution in [0, 0.1) is 0 Å². The van der Waals surface area contributed by atoms with Crippen LogP contribution in [0.5, 0.6) is 0 Å². The van der Waals surface area contributed by atoms with Crippen LogP contribution < -0.4 is 0 Å². The maximum absolute atomic E-state index is 12.9. The van der Waals surface area contributed by atoms with Gasteiger partial charge in [0.1, 0.15) is 13.2 Å². The highest BCUT2D eigenvalue weighted by Crippen LogP contribution is 2.16. The van der Waals surface area contributed by atoms with Gasteiger partial charge in [0.25, 0.3) is 0 Å². The third-order valence-corrected chi connectivity index (χ3v) is 13.0. The van der Waals surface area contributed by atoms with Crippen molar-refractivity contribution in [3.05, 3.63) is 60.8 Å². The number of hydrogen-bond acceptors (Lipinski definition) is 6. The maximum Gasteiger partial charge on any atom is 0.306 e. The number of esters is 3. The van der Waals surface area contributed by atoms with Crippen LogP contribution in [0.25, 0.3) is 0 Å². The quantitative estimate of drug-likeness (QED) is 0.0262. The molecular formula is C63H112O6. The van der Waals surface area contributed by atoms with E-state index in [0.29, 0.717) is 19.3 Å². The van der Waals surface area contributed by atoms with Crippen LogP contribution >= 0.6 is 0 Å². The predicted molar refractivity (Wildman–Crippen MR) is 298 cm³/mol. The van der Waals surface area contributed by atoms with Gasteiger partial charge in [-0.15, -0.1) is 0 Å². The molecular weight excluding hydrogens is 853 g/mol. The Bertz CT molecular complexity index is 1250. The van der Waals surface area contributed by atoms with Crippen molar-refractivity contribution in [3.8, 4) is 0 Å². The van der Waals surface area contributed by atoms with E-state index in [2.05, 4.69) is 81.5 Å². The molecule has 0 spiro atoms. The Morgan fingerprint density at radius 3 is 0.884 bits per heavy atom. The van der Waals surface area contributed by atoms with E-state index in [9.17, 15) is 14.4 Å². The summed E-state index contributed by atoms with van der Waals surface area (Å²) in [5, 5.41) is 0. The first-order valence-electron chi connectivity index (χ1n) is 29.8. The lowest BCUT2D eigenvalue weighted by atomic mass is 10.0. The fraction of sp³-hybridized carbons (Fsp3) is 0.794. The zero-order chi connectivity index (χ0) is 50.0. The van der Waals surface area contributed by atoms with Crippen molar-refractivity contribution in [1.29, 1.82) is 0 Å². The Hall–Kier alpha value is -2.89. The van der Waals surface area contributed by atoms with Gasteiger partial charge in [-0.2, -0.15) is 0 Å². The summed E-state index contributed by atoms with van der Waals surface area (Å²) in [4.78, 5) is 38.2. The van der Waals surface area contributed by atoms with Crippen LogP contribution in [0.2, 0.25) is 0 Å². The van der Waals surface area contributed by atoms with Gasteiger partial charge in [0.2, 0.25) is 0 Å². The number of carbonyl (C=O) groups excluding carboxylic acids is 3. The van der Waals surface area contributed by atoms with Gasteiger partial charge < -0.3 is 14.2 Å². The molecule has 0 fully saturated rings. The number of carbonyl (C=O) groups is 3. The molecule has 0 amide bonds. The summed E-state index contributed by atoms with van der Waals surface area (Å²) in [5.74, 6) is -0.906. The first kappa shape index (κ1) is 66.1. The van der Waals surface area contributed by atoms with Crippen molar-refractivity contribution in [2.45, 2.75) is 309 Å². The van der Waals surface area contributed by atoms with Gasteiger partial charge in [0.15, 0.2) is 6.10 Å². The van der Waals surface area contributed by atoms with Crippen LogP contribution in [0.3, 0.4) is 0 Å². The SMILES string of the molecule is CCCCC/C=C\C/C=C\C/C=C\C/C=C\CCCCCC(=O)OC[C@H](COC(=O)CCCCCCCCCCCCCCCCCCC)OC(=O)CCCCCCCCC/C=C\CCCCCC. The first-order valence-corrected chi connectivity index (χ1v) is 29.8. The molecule has 0 rings (SSSR count). The highest BCUT2D eigenvalue weighted by Gasteiger charge is 2.19. The van der Waals surface area contributed by atoms with Crippen LogP contribution in [0.1, 0.15) is 303 Å². The molecule has 0 aliphatic rings. The van der Waals surface area contributed by atoms with Crippen molar-refractivity contribution in [3.63, 3.8) is 0 Å². The van der Waals surface area contributed by atoms with Crippen LogP contribution in [-0.4, -0.2) is 37.2 Å². The van der Waals surface area contributed by atoms with Gasteiger partial charge in [0.05, 0.1) is 0 Å². The maximum atomic E-state index is 12.9. The molecule has 0 heterocycles. The lowest BCUT2D eigenvalue weighted by Gasteiger charge is -2.18. The number of allylic oxidation sites excluding steroid dienone is 10. The van der Waals surface area contributed by atoms with Crippen molar-refractivity contribution in [2.75, 3.05) is 13.2 Å². The third-order valence-electron chi connectivity index (χ3n) is 13.0. The fourth-order valence-corrected chi connectivity index (χ4v) is 8.48. The van der Waals surface area contributed by atoms with E-state index in [-0.39, 0.29) is 31.1 Å². The molecule has 400 valence electrons. The Kier molecular flexibility index (Phi) is 55.3. The van der Waals surface area contributed by atoms with Gasteiger partial charge in [0, 0.05) is 19.3 Å². The Morgan fingerprint density at radius 2 is 0.522 bits per heavy atom. The summed E-state index contributed by atoms with van der Waals surface area (Å²) in [6, 6.07) is 0.